The molecule has 29 heteroatoms. The lowest BCUT2D eigenvalue weighted by molar-refractivity contribution is -0.143. The molecular weight excluding hydrogens is 1080 g/mol. The second kappa shape index (κ2) is 19.0. The summed E-state index contributed by atoms with van der Waals surface area (Å²) in [5, 5.41) is 18.2. The average molecular weight is 1120 g/mol. The molecule has 402 valence electrons. The number of nitrogens with one attached hydrogen (secondary N) is 1. The number of fused-ring (bicyclic) bond motifs is 4. The van der Waals surface area contributed by atoms with Gasteiger partial charge in [0.25, 0.3) is 5.92 Å². The molecular formula is C46H41ClF10N8O8S2. The van der Waals surface area contributed by atoms with E-state index in [0.717, 1.165) is 47.6 Å². The second-order valence-electron chi connectivity index (χ2n) is 18.9. The van der Waals surface area contributed by atoms with Gasteiger partial charge in [-0.3, -0.25) is 19.0 Å². The predicted octanol–water partition coefficient (Wildman–Crippen LogP) is 7.97. The number of halogens is 11. The van der Waals surface area contributed by atoms with Gasteiger partial charge in [-0.15, -0.1) is 0 Å². The molecule has 16 nitrogen and oxygen atoms in total. The number of sulfone groups is 1. The number of benzene rings is 2. The molecule has 2 fully saturated rings. The number of carboxylic acid groups (broad SMARTS) is 1. The summed E-state index contributed by atoms with van der Waals surface area (Å²) in [5.74, 6) is -8.17. The Kier molecular flexibility index (Phi) is 13.9. The van der Waals surface area contributed by atoms with Crippen LogP contribution in [0.3, 0.4) is 0 Å². The van der Waals surface area contributed by atoms with Crippen LogP contribution in [0.5, 0.6) is 0 Å². The van der Waals surface area contributed by atoms with Gasteiger partial charge >= 0.3 is 24.4 Å². The van der Waals surface area contributed by atoms with Gasteiger partial charge in [0, 0.05) is 48.0 Å². The maximum absolute atomic E-state index is 15.6. The highest BCUT2D eigenvalue weighted by molar-refractivity contribution is 7.93. The van der Waals surface area contributed by atoms with E-state index in [1.165, 1.54) is 13.8 Å². The number of hydrogen-bond acceptors (Lipinski definition) is 10. The summed E-state index contributed by atoms with van der Waals surface area (Å²) in [5.41, 5.74) is -5.98. The number of sulfonamides is 1. The zero-order valence-corrected chi connectivity index (χ0v) is 41.8. The zero-order valence-electron chi connectivity index (χ0n) is 39.4. The molecule has 1 saturated carbocycles. The molecule has 1 aliphatic heterocycles. The highest BCUT2D eigenvalue weighted by atomic mass is 35.5. The van der Waals surface area contributed by atoms with Gasteiger partial charge in [-0.25, -0.2) is 35.4 Å². The van der Waals surface area contributed by atoms with Crippen molar-refractivity contribution >= 4 is 66.1 Å². The Balaban J connectivity index is 1.35. The standard InChI is InChI=1S/C46H41ClF10N8O8S2/c1-43(2,74(3,70)71)12-9-26-5-6-27(28-7-8-31(47)35-37(28)64(21-44(50,51)52)61-40(35)65(75(4,72)73)42(69)62-13-10-23(11-14-62)41(67)68)36(58-26)32(17-22-15-24(48)18-25(49)16-22)59-33(66)20-63-39-34(38(60-63)46(55,56)57)29-19-30(29)45(39,53)54/h5-8,15-16,18,23,29-30,32H,10-11,13-14,17,19-21H2,1-4H3,(H,59,66)(H,67,68)/t29-,30+,32-/m0/s1. The topological polar surface area (TPSA) is 207 Å². The lowest BCUT2D eigenvalue weighted by atomic mass is 9.93. The minimum atomic E-state index is -5.23. The highest BCUT2D eigenvalue weighted by Gasteiger charge is 2.68. The van der Waals surface area contributed by atoms with E-state index in [1.54, 1.807) is 0 Å². The van der Waals surface area contributed by atoms with Crippen LogP contribution in [0.2, 0.25) is 5.02 Å². The van der Waals surface area contributed by atoms with Crippen LogP contribution >= 0.6 is 11.6 Å². The number of hydrogen-bond donors (Lipinski definition) is 2. The quantitative estimate of drug-likeness (QED) is 0.0905. The van der Waals surface area contributed by atoms with Crippen molar-refractivity contribution in [3.63, 3.8) is 0 Å². The van der Waals surface area contributed by atoms with Crippen LogP contribution in [0.15, 0.2) is 42.5 Å². The zero-order chi connectivity index (χ0) is 55.3. The number of carboxylic acids is 1. The number of urea groups is 1. The van der Waals surface area contributed by atoms with Gasteiger partial charge < -0.3 is 15.3 Å². The fraction of sp³-hybridized carbons (Fsp3) is 0.435. The Morgan fingerprint density at radius 1 is 0.933 bits per heavy atom. The highest BCUT2D eigenvalue weighted by Crippen LogP contribution is 2.68. The Morgan fingerprint density at radius 2 is 1.56 bits per heavy atom. The molecule has 75 heavy (non-hydrogen) atoms. The average Bonchev–Trinajstić information content (AvgIpc) is 3.79. The van der Waals surface area contributed by atoms with E-state index >= 15 is 8.78 Å². The van der Waals surface area contributed by atoms with Crippen molar-refractivity contribution in [3.8, 4) is 23.0 Å². The molecule has 2 aromatic carbocycles. The lowest BCUT2D eigenvalue weighted by Crippen LogP contribution is -2.49. The predicted molar refractivity (Wildman–Crippen MR) is 247 cm³/mol. The number of likely N-dealkylation sites (tertiary alicyclic amines) is 1. The first-order valence-corrected chi connectivity index (χ1v) is 26.5. The first-order chi connectivity index (χ1) is 34.6. The number of aliphatic carboxylic acids is 1. The van der Waals surface area contributed by atoms with Crippen LogP contribution in [0, 0.1) is 35.3 Å². The number of carbonyl (C=O) groups is 3. The largest absolute Gasteiger partial charge is 0.481 e. The van der Waals surface area contributed by atoms with Gasteiger partial charge in [0.15, 0.2) is 21.3 Å². The number of carbonyl (C=O) groups excluding carboxylic acids is 2. The number of amides is 3. The van der Waals surface area contributed by atoms with E-state index in [4.69, 9.17) is 11.6 Å². The van der Waals surface area contributed by atoms with E-state index in [2.05, 4.69) is 32.3 Å². The van der Waals surface area contributed by atoms with Crippen LogP contribution in [0.1, 0.15) is 79.0 Å². The molecule has 3 amide bonds. The number of piperidine rings is 1. The fourth-order valence-corrected chi connectivity index (χ4v) is 10.6. The molecule has 2 N–H and O–H groups in total. The van der Waals surface area contributed by atoms with Crippen LogP contribution in [-0.2, 0) is 61.1 Å². The van der Waals surface area contributed by atoms with E-state index in [0.29, 0.717) is 12.3 Å². The third kappa shape index (κ3) is 10.8. The molecule has 3 atom stereocenters. The molecule has 5 aromatic rings. The normalized spacial score (nSPS) is 18.3. The van der Waals surface area contributed by atoms with Gasteiger partial charge in [-0.1, -0.05) is 23.6 Å². The number of anilines is 1. The molecule has 4 heterocycles. The van der Waals surface area contributed by atoms with Gasteiger partial charge in [0.2, 0.25) is 15.9 Å². The summed E-state index contributed by atoms with van der Waals surface area (Å²) in [7, 11) is -8.78. The smallest absolute Gasteiger partial charge is 0.435 e. The van der Waals surface area contributed by atoms with Crippen molar-refractivity contribution in [2.45, 2.75) is 87.6 Å². The van der Waals surface area contributed by atoms with Crippen molar-refractivity contribution < 1.29 is 80.2 Å². The molecule has 0 radical (unpaired) electrons. The minimum absolute atomic E-state index is 0.0884. The summed E-state index contributed by atoms with van der Waals surface area (Å²) >= 11 is 6.69. The van der Waals surface area contributed by atoms with Crippen molar-refractivity contribution in [1.29, 1.82) is 0 Å². The number of pyridine rings is 1. The van der Waals surface area contributed by atoms with Crippen molar-refractivity contribution in [2.75, 3.05) is 29.9 Å². The molecule has 2 aliphatic carbocycles. The van der Waals surface area contributed by atoms with Gasteiger partial charge in [0.05, 0.1) is 39.8 Å². The summed E-state index contributed by atoms with van der Waals surface area (Å²) in [4.78, 5) is 45.5. The van der Waals surface area contributed by atoms with Crippen LogP contribution in [0.25, 0.3) is 22.0 Å². The summed E-state index contributed by atoms with van der Waals surface area (Å²) in [6, 6.07) is 3.38. The Hall–Kier alpha value is -6.47. The maximum atomic E-state index is 15.6. The van der Waals surface area contributed by atoms with Crippen molar-refractivity contribution in [1.82, 2.24) is 34.8 Å². The molecule has 0 spiro atoms. The molecule has 1 saturated heterocycles. The maximum Gasteiger partial charge on any atom is 0.435 e. The third-order valence-corrected chi connectivity index (χ3v) is 16.4. The van der Waals surface area contributed by atoms with Gasteiger partial charge in [-0.05, 0) is 87.3 Å². The van der Waals surface area contributed by atoms with E-state index in [-0.39, 0.29) is 68.4 Å². The monoisotopic (exact) mass is 1120 g/mol. The van der Waals surface area contributed by atoms with E-state index < -0.39 is 160 Å². The van der Waals surface area contributed by atoms with Crippen LogP contribution in [0.4, 0.5) is 54.5 Å². The SMILES string of the molecule is CC(C)(C#Cc1ccc(-c2ccc(Cl)c3c(N(C(=O)N4CCC(C(=O)O)CC4)S(C)(=O)=O)nn(CC(F)(F)F)c23)c([C@H](Cc2cc(F)cc(F)c2)NC(=O)Cn2nc(C(F)(F)F)c3c2C(F)(F)[C@@H]2C[C@H]32)n1)S(C)(=O)=O. The second-order valence-corrected chi connectivity index (χ2v) is 23.7. The molecule has 0 unspecified atom stereocenters. The Labute approximate surface area is 425 Å². The van der Waals surface area contributed by atoms with Gasteiger partial charge in [-0.2, -0.15) is 49.6 Å². The number of alkyl halides is 8. The fourth-order valence-electron chi connectivity index (χ4n) is 9.24. The number of rotatable bonds is 12. The molecule has 8 rings (SSSR count). The summed E-state index contributed by atoms with van der Waals surface area (Å²) in [6.07, 6.45) is -10.2. The van der Waals surface area contributed by atoms with Gasteiger partial charge in [0.1, 0.15) is 40.9 Å². The molecule has 0 bridgehead atoms. The third-order valence-electron chi connectivity index (χ3n) is 13.1. The minimum Gasteiger partial charge on any atom is -0.481 e. The first kappa shape index (κ1) is 54.8. The Morgan fingerprint density at radius 3 is 2.13 bits per heavy atom. The summed E-state index contributed by atoms with van der Waals surface area (Å²) < 4.78 is 199. The molecule has 3 aliphatic rings. The summed E-state index contributed by atoms with van der Waals surface area (Å²) in [6.45, 7) is -1.45. The van der Waals surface area contributed by atoms with Crippen LogP contribution in [-0.4, -0.2) is 106 Å². The number of nitrogens with zero attached hydrogens (tertiary/aromatic N) is 7. The van der Waals surface area contributed by atoms with E-state index in [1.807, 2.05) is 0 Å². The Bertz CT molecular complexity index is 3470. The number of aromatic nitrogens is 5. The lowest BCUT2D eigenvalue weighted by Gasteiger charge is -2.33. The van der Waals surface area contributed by atoms with Crippen molar-refractivity contribution in [3.05, 3.63) is 93.0 Å². The van der Waals surface area contributed by atoms with Crippen molar-refractivity contribution in [2.24, 2.45) is 11.8 Å². The van der Waals surface area contributed by atoms with E-state index in [9.17, 15) is 71.4 Å². The molecule has 3 aromatic heterocycles. The van der Waals surface area contributed by atoms with Crippen LogP contribution < -0.4 is 9.62 Å². The first-order valence-electron chi connectivity index (χ1n) is 22.4.